The molecule has 0 amide bonds. The lowest BCUT2D eigenvalue weighted by Crippen LogP contribution is -2.02. The molecule has 0 fully saturated rings. The molecule has 0 aliphatic carbocycles. The monoisotopic (exact) mass is 303 g/mol. The number of aromatic nitrogens is 4. The van der Waals surface area contributed by atoms with Crippen LogP contribution in [-0.2, 0) is 0 Å². The first-order valence-electron chi connectivity index (χ1n) is 7.17. The molecular formula is C18H17N5. The van der Waals surface area contributed by atoms with Crippen LogP contribution in [0.25, 0.3) is 28.2 Å². The van der Waals surface area contributed by atoms with Crippen LogP contribution in [0.5, 0.6) is 0 Å². The Kier molecular flexibility index (Phi) is 3.76. The van der Waals surface area contributed by atoms with E-state index in [4.69, 9.17) is 10.7 Å². The van der Waals surface area contributed by atoms with Gasteiger partial charge in [-0.1, -0.05) is 19.2 Å². The Hall–Kier alpha value is -3.21. The molecule has 0 unspecified atom stereocenters. The lowest BCUT2D eigenvalue weighted by atomic mass is 10.2. The van der Waals surface area contributed by atoms with Crippen molar-refractivity contribution in [1.82, 2.24) is 19.5 Å². The van der Waals surface area contributed by atoms with Gasteiger partial charge in [0, 0.05) is 18.1 Å². The van der Waals surface area contributed by atoms with Gasteiger partial charge in [-0.2, -0.15) is 0 Å². The highest BCUT2D eigenvalue weighted by atomic mass is 15.1. The van der Waals surface area contributed by atoms with Gasteiger partial charge in [0.2, 0.25) is 0 Å². The standard InChI is InChI=1S/C18H17N5/c1-4-7-13(5-2)23-17(14-8-6-10-20-16(14)19)22-15-12(3)9-11-21-18(15)23/h4-11H,1-2H2,3H3,(H2,19,20). The SMILES string of the molecule is C=CC=C(C=C)n1c(-c2cccnc2N)nc2c(C)ccnc21. The Morgan fingerprint density at radius 2 is 2.04 bits per heavy atom. The fourth-order valence-electron chi connectivity index (χ4n) is 2.48. The van der Waals surface area contributed by atoms with Crippen LogP contribution in [0.4, 0.5) is 5.82 Å². The fourth-order valence-corrected chi connectivity index (χ4v) is 2.48. The van der Waals surface area contributed by atoms with Crippen molar-refractivity contribution in [1.29, 1.82) is 0 Å². The minimum Gasteiger partial charge on any atom is -0.383 e. The molecule has 5 heteroatoms. The van der Waals surface area contributed by atoms with E-state index in [-0.39, 0.29) is 0 Å². The fraction of sp³-hybridized carbons (Fsp3) is 0.0556. The zero-order valence-corrected chi connectivity index (χ0v) is 12.9. The number of nitrogens with zero attached hydrogens (tertiary/aromatic N) is 4. The topological polar surface area (TPSA) is 69.6 Å². The van der Waals surface area contributed by atoms with Crippen molar-refractivity contribution in [2.24, 2.45) is 0 Å². The van der Waals surface area contributed by atoms with Crippen LogP contribution < -0.4 is 5.73 Å². The number of aryl methyl sites for hydroxylation is 1. The molecule has 0 aromatic carbocycles. The van der Waals surface area contributed by atoms with E-state index in [1.165, 1.54) is 0 Å². The van der Waals surface area contributed by atoms with E-state index < -0.39 is 0 Å². The summed E-state index contributed by atoms with van der Waals surface area (Å²) in [6, 6.07) is 5.66. The summed E-state index contributed by atoms with van der Waals surface area (Å²) in [6.45, 7) is 9.65. The summed E-state index contributed by atoms with van der Waals surface area (Å²) in [5.74, 6) is 1.10. The first-order chi connectivity index (χ1) is 11.2. The van der Waals surface area contributed by atoms with Crippen molar-refractivity contribution in [3.63, 3.8) is 0 Å². The highest BCUT2D eigenvalue weighted by Gasteiger charge is 2.18. The smallest absolute Gasteiger partial charge is 0.165 e. The maximum absolute atomic E-state index is 6.05. The van der Waals surface area contributed by atoms with Crippen LogP contribution in [0.1, 0.15) is 5.56 Å². The zero-order valence-electron chi connectivity index (χ0n) is 12.9. The molecule has 0 bridgehead atoms. The summed E-state index contributed by atoms with van der Waals surface area (Å²) in [5.41, 5.74) is 10.2. The molecule has 3 aromatic rings. The Bertz CT molecular complexity index is 934. The molecule has 5 nitrogen and oxygen atoms in total. The van der Waals surface area contributed by atoms with Crippen LogP contribution in [0, 0.1) is 6.92 Å². The third-order valence-corrected chi connectivity index (χ3v) is 3.58. The molecule has 114 valence electrons. The summed E-state index contributed by atoms with van der Waals surface area (Å²) in [4.78, 5) is 13.4. The van der Waals surface area contributed by atoms with E-state index in [1.807, 2.05) is 35.8 Å². The van der Waals surface area contributed by atoms with Gasteiger partial charge in [0.1, 0.15) is 11.3 Å². The van der Waals surface area contributed by atoms with Crippen molar-refractivity contribution < 1.29 is 0 Å². The molecule has 0 saturated heterocycles. The number of fused-ring (bicyclic) bond motifs is 1. The molecule has 0 aliphatic rings. The maximum Gasteiger partial charge on any atom is 0.165 e. The van der Waals surface area contributed by atoms with Crippen LogP contribution in [0.3, 0.4) is 0 Å². The maximum atomic E-state index is 6.05. The van der Waals surface area contributed by atoms with E-state index >= 15 is 0 Å². The predicted octanol–water partition coefficient (Wildman–Crippen LogP) is 3.60. The number of rotatable bonds is 4. The van der Waals surface area contributed by atoms with E-state index in [2.05, 4.69) is 23.1 Å². The van der Waals surface area contributed by atoms with Gasteiger partial charge in [0.25, 0.3) is 0 Å². The first kappa shape index (κ1) is 14.7. The van der Waals surface area contributed by atoms with Crippen LogP contribution in [0.2, 0.25) is 0 Å². The van der Waals surface area contributed by atoms with E-state index in [0.717, 1.165) is 28.0 Å². The average Bonchev–Trinajstić information content (AvgIpc) is 2.94. The normalized spacial score (nSPS) is 11.6. The van der Waals surface area contributed by atoms with E-state index in [0.29, 0.717) is 11.6 Å². The minimum absolute atomic E-state index is 0.420. The molecule has 23 heavy (non-hydrogen) atoms. The van der Waals surface area contributed by atoms with Crippen molar-refractivity contribution >= 4 is 22.7 Å². The van der Waals surface area contributed by atoms with Crippen molar-refractivity contribution in [3.05, 3.63) is 67.5 Å². The lowest BCUT2D eigenvalue weighted by Gasteiger charge is -2.10. The van der Waals surface area contributed by atoms with Crippen LogP contribution in [0.15, 0.2) is 62.0 Å². The molecule has 0 saturated carbocycles. The van der Waals surface area contributed by atoms with Crippen LogP contribution >= 0.6 is 0 Å². The van der Waals surface area contributed by atoms with Crippen molar-refractivity contribution in [2.75, 3.05) is 5.73 Å². The predicted molar refractivity (Wildman–Crippen MR) is 94.6 cm³/mol. The van der Waals surface area contributed by atoms with Gasteiger partial charge in [-0.05, 0) is 42.8 Å². The van der Waals surface area contributed by atoms with Gasteiger partial charge in [0.15, 0.2) is 11.5 Å². The molecule has 3 heterocycles. The third-order valence-electron chi connectivity index (χ3n) is 3.58. The highest BCUT2D eigenvalue weighted by molar-refractivity contribution is 5.87. The number of nitrogen functional groups attached to an aromatic ring is 1. The van der Waals surface area contributed by atoms with Crippen LogP contribution in [-0.4, -0.2) is 19.5 Å². The van der Waals surface area contributed by atoms with Gasteiger partial charge in [-0.15, -0.1) is 0 Å². The van der Waals surface area contributed by atoms with Crippen molar-refractivity contribution in [3.8, 4) is 11.4 Å². The van der Waals surface area contributed by atoms with Gasteiger partial charge in [0.05, 0.1) is 5.56 Å². The second-order valence-electron chi connectivity index (χ2n) is 5.04. The van der Waals surface area contributed by atoms with E-state index in [1.54, 1.807) is 24.5 Å². The summed E-state index contributed by atoms with van der Waals surface area (Å²) < 4.78 is 1.92. The Morgan fingerprint density at radius 1 is 1.22 bits per heavy atom. The number of allylic oxidation sites excluding steroid dienone is 4. The number of hydrogen-bond donors (Lipinski definition) is 1. The Labute approximate surface area is 134 Å². The Balaban J connectivity index is 2.44. The highest BCUT2D eigenvalue weighted by Crippen LogP contribution is 2.31. The second kappa shape index (κ2) is 5.88. The number of nitrogens with two attached hydrogens (primary N) is 1. The quantitative estimate of drug-likeness (QED) is 0.748. The molecular weight excluding hydrogens is 286 g/mol. The molecule has 3 aromatic heterocycles. The van der Waals surface area contributed by atoms with Gasteiger partial charge < -0.3 is 5.73 Å². The summed E-state index contributed by atoms with van der Waals surface area (Å²) in [6.07, 6.45) is 8.72. The lowest BCUT2D eigenvalue weighted by molar-refractivity contribution is 1.11. The largest absolute Gasteiger partial charge is 0.383 e. The van der Waals surface area contributed by atoms with Gasteiger partial charge >= 0.3 is 0 Å². The first-order valence-corrected chi connectivity index (χ1v) is 7.17. The molecule has 0 radical (unpaired) electrons. The number of hydrogen-bond acceptors (Lipinski definition) is 4. The molecule has 0 aliphatic heterocycles. The summed E-state index contributed by atoms with van der Waals surface area (Å²) in [5, 5.41) is 0. The number of pyridine rings is 2. The minimum atomic E-state index is 0.420. The average molecular weight is 303 g/mol. The second-order valence-corrected chi connectivity index (χ2v) is 5.04. The van der Waals surface area contributed by atoms with E-state index in [9.17, 15) is 0 Å². The number of anilines is 1. The molecule has 3 rings (SSSR count). The van der Waals surface area contributed by atoms with Gasteiger partial charge in [-0.3, -0.25) is 4.57 Å². The molecule has 2 N–H and O–H groups in total. The molecule has 0 spiro atoms. The summed E-state index contributed by atoms with van der Waals surface area (Å²) >= 11 is 0. The summed E-state index contributed by atoms with van der Waals surface area (Å²) in [7, 11) is 0. The third kappa shape index (κ3) is 2.42. The van der Waals surface area contributed by atoms with Gasteiger partial charge in [-0.25, -0.2) is 15.0 Å². The van der Waals surface area contributed by atoms with Crippen molar-refractivity contribution in [2.45, 2.75) is 6.92 Å². The number of imidazole rings is 1. The Morgan fingerprint density at radius 3 is 2.74 bits per heavy atom. The molecule has 0 atom stereocenters. The zero-order chi connectivity index (χ0) is 16.4.